The number of benzene rings is 1. The van der Waals surface area contributed by atoms with Crippen LogP contribution in [0.25, 0.3) is 0 Å². The Bertz CT molecular complexity index is 390. The van der Waals surface area contributed by atoms with Gasteiger partial charge >= 0.3 is 0 Å². The fraction of sp³-hybridized carbons (Fsp3) is 0.600. The fourth-order valence-corrected chi connectivity index (χ4v) is 2.51. The van der Waals surface area contributed by atoms with Gasteiger partial charge in [0.15, 0.2) is 0 Å². The molecule has 3 N–H and O–H groups in total. The monoisotopic (exact) mass is 249 g/mol. The molecule has 1 aliphatic carbocycles. The highest BCUT2D eigenvalue weighted by molar-refractivity contribution is 5.34. The van der Waals surface area contributed by atoms with Crippen LogP contribution in [-0.4, -0.2) is 29.4 Å². The van der Waals surface area contributed by atoms with Crippen LogP contribution in [0, 0.1) is 0 Å². The Kier molecular flexibility index (Phi) is 4.75. The standard InChI is InChI=1S/C15H23NO2/c1-11(17)9-16-10-15(18)14-7-6-12-4-2-3-5-13(12)8-14/h6-8,11,15-18H,2-5,9-10H2,1H3. The van der Waals surface area contributed by atoms with Crippen molar-refractivity contribution in [1.82, 2.24) is 5.32 Å². The van der Waals surface area contributed by atoms with Crippen LogP contribution in [0.1, 0.15) is 42.6 Å². The quantitative estimate of drug-likeness (QED) is 0.742. The van der Waals surface area contributed by atoms with Gasteiger partial charge in [0, 0.05) is 13.1 Å². The zero-order valence-corrected chi connectivity index (χ0v) is 11.0. The molecule has 0 fully saturated rings. The summed E-state index contributed by atoms with van der Waals surface area (Å²) in [5.74, 6) is 0. The maximum absolute atomic E-state index is 10.1. The SMILES string of the molecule is CC(O)CNCC(O)c1ccc2c(c1)CCCC2. The van der Waals surface area contributed by atoms with Crippen LogP contribution < -0.4 is 5.32 Å². The molecule has 1 aromatic rings. The Balaban J connectivity index is 1.95. The number of nitrogens with one attached hydrogen (secondary N) is 1. The number of fused-ring (bicyclic) bond motifs is 1. The molecular formula is C15H23NO2. The van der Waals surface area contributed by atoms with Gasteiger partial charge in [0.2, 0.25) is 0 Å². The Morgan fingerprint density at radius 3 is 2.56 bits per heavy atom. The van der Waals surface area contributed by atoms with E-state index in [0.717, 1.165) is 12.0 Å². The molecule has 3 heteroatoms. The smallest absolute Gasteiger partial charge is 0.0914 e. The topological polar surface area (TPSA) is 52.5 Å². The summed E-state index contributed by atoms with van der Waals surface area (Å²) in [6, 6.07) is 6.32. The van der Waals surface area contributed by atoms with Crippen LogP contribution in [0.15, 0.2) is 18.2 Å². The second-order valence-corrected chi connectivity index (χ2v) is 5.26. The van der Waals surface area contributed by atoms with E-state index in [0.29, 0.717) is 13.1 Å². The summed E-state index contributed by atoms with van der Waals surface area (Å²) in [5, 5.41) is 22.3. The molecule has 100 valence electrons. The minimum absolute atomic E-state index is 0.374. The lowest BCUT2D eigenvalue weighted by Crippen LogP contribution is -2.28. The molecular weight excluding hydrogens is 226 g/mol. The van der Waals surface area contributed by atoms with Crippen molar-refractivity contribution in [2.45, 2.75) is 44.8 Å². The van der Waals surface area contributed by atoms with Gasteiger partial charge in [0.05, 0.1) is 12.2 Å². The minimum atomic E-state index is -0.490. The van der Waals surface area contributed by atoms with Gasteiger partial charge in [-0.2, -0.15) is 0 Å². The molecule has 0 radical (unpaired) electrons. The van der Waals surface area contributed by atoms with E-state index in [-0.39, 0.29) is 6.10 Å². The molecule has 0 spiro atoms. The molecule has 2 rings (SSSR count). The molecule has 0 amide bonds. The van der Waals surface area contributed by atoms with Gasteiger partial charge in [-0.05, 0) is 49.3 Å². The van der Waals surface area contributed by atoms with E-state index < -0.39 is 6.10 Å². The van der Waals surface area contributed by atoms with E-state index in [1.165, 1.54) is 30.4 Å². The molecule has 1 aromatic carbocycles. The van der Waals surface area contributed by atoms with E-state index in [1.54, 1.807) is 6.92 Å². The van der Waals surface area contributed by atoms with Crippen molar-refractivity contribution >= 4 is 0 Å². The van der Waals surface area contributed by atoms with E-state index >= 15 is 0 Å². The molecule has 2 atom stereocenters. The van der Waals surface area contributed by atoms with Crippen LogP contribution in [-0.2, 0) is 12.8 Å². The third kappa shape index (κ3) is 3.55. The Labute approximate surface area is 109 Å². The number of aliphatic hydroxyl groups is 2. The second kappa shape index (κ2) is 6.32. The molecule has 2 unspecified atom stereocenters. The molecule has 0 heterocycles. The molecule has 0 aliphatic heterocycles. The lowest BCUT2D eigenvalue weighted by molar-refractivity contribution is 0.154. The second-order valence-electron chi connectivity index (χ2n) is 5.26. The molecule has 0 saturated carbocycles. The van der Waals surface area contributed by atoms with Crippen molar-refractivity contribution in [3.63, 3.8) is 0 Å². The van der Waals surface area contributed by atoms with Gasteiger partial charge in [0.1, 0.15) is 0 Å². The Morgan fingerprint density at radius 1 is 1.11 bits per heavy atom. The minimum Gasteiger partial charge on any atom is -0.392 e. The average Bonchev–Trinajstić information content (AvgIpc) is 2.37. The van der Waals surface area contributed by atoms with Crippen LogP contribution in [0.4, 0.5) is 0 Å². The zero-order chi connectivity index (χ0) is 13.0. The van der Waals surface area contributed by atoms with Crippen molar-refractivity contribution in [1.29, 1.82) is 0 Å². The highest BCUT2D eigenvalue weighted by Crippen LogP contribution is 2.24. The van der Waals surface area contributed by atoms with E-state index in [9.17, 15) is 5.11 Å². The lowest BCUT2D eigenvalue weighted by Gasteiger charge is -2.19. The first-order chi connectivity index (χ1) is 8.66. The van der Waals surface area contributed by atoms with Gasteiger partial charge in [-0.15, -0.1) is 0 Å². The summed E-state index contributed by atoms with van der Waals surface area (Å²) in [5.41, 5.74) is 3.82. The molecule has 1 aliphatic rings. The van der Waals surface area contributed by atoms with Crippen LogP contribution in [0.2, 0.25) is 0 Å². The molecule has 18 heavy (non-hydrogen) atoms. The fourth-order valence-electron chi connectivity index (χ4n) is 2.51. The summed E-state index contributed by atoms with van der Waals surface area (Å²) in [4.78, 5) is 0. The van der Waals surface area contributed by atoms with Gasteiger partial charge in [-0.3, -0.25) is 0 Å². The summed E-state index contributed by atoms with van der Waals surface area (Å²) >= 11 is 0. The number of hydrogen-bond donors (Lipinski definition) is 3. The number of hydrogen-bond acceptors (Lipinski definition) is 3. The highest BCUT2D eigenvalue weighted by atomic mass is 16.3. The highest BCUT2D eigenvalue weighted by Gasteiger charge is 2.13. The maximum Gasteiger partial charge on any atom is 0.0914 e. The third-order valence-electron chi connectivity index (χ3n) is 3.53. The summed E-state index contributed by atoms with van der Waals surface area (Å²) in [7, 11) is 0. The maximum atomic E-state index is 10.1. The molecule has 0 bridgehead atoms. The van der Waals surface area contributed by atoms with Crippen LogP contribution in [0.5, 0.6) is 0 Å². The van der Waals surface area contributed by atoms with E-state index in [1.807, 2.05) is 6.07 Å². The predicted molar refractivity (Wildman–Crippen MR) is 72.6 cm³/mol. The Morgan fingerprint density at radius 2 is 1.83 bits per heavy atom. The summed E-state index contributed by atoms with van der Waals surface area (Å²) in [6.45, 7) is 2.74. The van der Waals surface area contributed by atoms with Gasteiger partial charge < -0.3 is 15.5 Å². The number of aryl methyl sites for hydroxylation is 2. The van der Waals surface area contributed by atoms with Gasteiger partial charge in [-0.1, -0.05) is 18.2 Å². The van der Waals surface area contributed by atoms with Gasteiger partial charge in [-0.25, -0.2) is 0 Å². The summed E-state index contributed by atoms with van der Waals surface area (Å²) in [6.07, 6.45) is 3.98. The van der Waals surface area contributed by atoms with E-state index in [4.69, 9.17) is 5.11 Å². The Hall–Kier alpha value is -0.900. The van der Waals surface area contributed by atoms with Gasteiger partial charge in [0.25, 0.3) is 0 Å². The third-order valence-corrected chi connectivity index (χ3v) is 3.53. The predicted octanol–water partition coefficient (Wildman–Crippen LogP) is 1.57. The van der Waals surface area contributed by atoms with Crippen molar-refractivity contribution in [3.05, 3.63) is 34.9 Å². The van der Waals surface area contributed by atoms with Crippen molar-refractivity contribution in [3.8, 4) is 0 Å². The van der Waals surface area contributed by atoms with Crippen molar-refractivity contribution < 1.29 is 10.2 Å². The first-order valence-corrected chi connectivity index (χ1v) is 6.85. The average molecular weight is 249 g/mol. The van der Waals surface area contributed by atoms with Crippen molar-refractivity contribution in [2.75, 3.05) is 13.1 Å². The van der Waals surface area contributed by atoms with E-state index in [2.05, 4.69) is 17.4 Å². The zero-order valence-electron chi connectivity index (χ0n) is 11.0. The molecule has 0 aromatic heterocycles. The summed E-state index contributed by atoms with van der Waals surface area (Å²) < 4.78 is 0. The lowest BCUT2D eigenvalue weighted by atomic mass is 9.89. The molecule has 3 nitrogen and oxygen atoms in total. The first kappa shape index (κ1) is 13.5. The normalized spacial score (nSPS) is 18.2. The molecule has 0 saturated heterocycles. The number of aliphatic hydroxyl groups excluding tert-OH is 2. The van der Waals surface area contributed by atoms with Crippen LogP contribution >= 0.6 is 0 Å². The van der Waals surface area contributed by atoms with Crippen LogP contribution in [0.3, 0.4) is 0 Å². The van der Waals surface area contributed by atoms with Crippen molar-refractivity contribution in [2.24, 2.45) is 0 Å². The largest absolute Gasteiger partial charge is 0.392 e. The first-order valence-electron chi connectivity index (χ1n) is 6.85. The number of rotatable bonds is 5.